The summed E-state index contributed by atoms with van der Waals surface area (Å²) >= 11 is 7.40. The van der Waals surface area contributed by atoms with Gasteiger partial charge in [-0.25, -0.2) is 15.0 Å². The van der Waals surface area contributed by atoms with Crippen LogP contribution in [0, 0.1) is 0 Å². The predicted molar refractivity (Wildman–Crippen MR) is 162 cm³/mol. The number of halogens is 2. The maximum atomic E-state index is 4.99. The minimum atomic E-state index is 0.619. The van der Waals surface area contributed by atoms with Crippen molar-refractivity contribution in [3.05, 3.63) is 136 Å². The van der Waals surface area contributed by atoms with Crippen LogP contribution in [-0.4, -0.2) is 15.0 Å². The monoisotopic (exact) mass is 617 g/mol. The van der Waals surface area contributed by atoms with E-state index < -0.39 is 0 Å². The Balaban J connectivity index is 1.54. The van der Waals surface area contributed by atoms with Gasteiger partial charge in [-0.3, -0.25) is 0 Å². The molecule has 1 heterocycles. The molecule has 0 saturated heterocycles. The number of benzene rings is 5. The van der Waals surface area contributed by atoms with Crippen LogP contribution in [-0.2, 0) is 0 Å². The summed E-state index contributed by atoms with van der Waals surface area (Å²) in [5.41, 5.74) is 7.21. The molecule has 5 aromatic carbocycles. The zero-order valence-electron chi connectivity index (χ0n) is 20.2. The maximum absolute atomic E-state index is 4.99. The molecule has 0 aliphatic heterocycles. The van der Waals surface area contributed by atoms with Crippen LogP contribution < -0.4 is 0 Å². The molecular formula is C33H21Br2N3. The lowest BCUT2D eigenvalue weighted by atomic mass is 10.0. The number of aromatic nitrogens is 3. The van der Waals surface area contributed by atoms with E-state index in [0.29, 0.717) is 17.5 Å². The van der Waals surface area contributed by atoms with Crippen LogP contribution in [0.4, 0.5) is 0 Å². The Kier molecular flexibility index (Phi) is 6.95. The summed E-state index contributed by atoms with van der Waals surface area (Å²) < 4.78 is 1.93. The standard InChI is InChI=1S/C33H21Br2N3/c34-29-18-25(22-10-4-1-5-11-22)16-27(20-29)32-36-31(24-14-8-3-9-15-24)37-33(38-32)28-17-26(19-30(35)21-28)23-12-6-2-7-13-23/h1-21H. The molecule has 6 rings (SSSR count). The molecule has 6 aromatic rings. The molecule has 0 aliphatic rings. The first-order valence-corrected chi connectivity index (χ1v) is 13.8. The second kappa shape index (κ2) is 10.8. The van der Waals surface area contributed by atoms with Crippen LogP contribution >= 0.6 is 31.9 Å². The Hall–Kier alpha value is -3.93. The fraction of sp³-hybridized carbons (Fsp3) is 0. The van der Waals surface area contributed by atoms with E-state index >= 15 is 0 Å². The van der Waals surface area contributed by atoms with Crippen LogP contribution in [0.25, 0.3) is 56.4 Å². The number of hydrogen-bond acceptors (Lipinski definition) is 3. The average molecular weight is 619 g/mol. The van der Waals surface area contributed by atoms with Gasteiger partial charge in [-0.1, -0.05) is 123 Å². The lowest BCUT2D eigenvalue weighted by Gasteiger charge is -2.12. The molecule has 0 atom stereocenters. The molecule has 0 aliphatic carbocycles. The topological polar surface area (TPSA) is 38.7 Å². The minimum Gasteiger partial charge on any atom is -0.208 e. The predicted octanol–water partition coefficient (Wildman–Crippen LogP) is 9.73. The SMILES string of the molecule is Brc1cc(-c2ccccc2)cc(-c2nc(-c3ccccc3)nc(-c3cc(Br)cc(-c4ccccc4)c3)n2)c1. The molecule has 5 heteroatoms. The van der Waals surface area contributed by atoms with Crippen LogP contribution in [0.3, 0.4) is 0 Å². The summed E-state index contributed by atoms with van der Waals surface area (Å²) in [6, 6.07) is 43.3. The van der Waals surface area contributed by atoms with Crippen molar-refractivity contribution in [3.8, 4) is 56.4 Å². The van der Waals surface area contributed by atoms with E-state index in [1.54, 1.807) is 0 Å². The first-order valence-electron chi connectivity index (χ1n) is 12.2. The van der Waals surface area contributed by atoms with Crippen LogP contribution in [0.5, 0.6) is 0 Å². The van der Waals surface area contributed by atoms with E-state index in [-0.39, 0.29) is 0 Å². The van der Waals surface area contributed by atoms with Crippen molar-refractivity contribution in [2.45, 2.75) is 0 Å². The number of hydrogen-bond donors (Lipinski definition) is 0. The molecule has 1 aromatic heterocycles. The largest absolute Gasteiger partial charge is 0.208 e. The number of nitrogens with zero attached hydrogens (tertiary/aromatic N) is 3. The van der Waals surface area contributed by atoms with Crippen LogP contribution in [0.2, 0.25) is 0 Å². The Labute approximate surface area is 238 Å². The maximum Gasteiger partial charge on any atom is 0.164 e. The molecule has 38 heavy (non-hydrogen) atoms. The molecule has 0 fully saturated rings. The van der Waals surface area contributed by atoms with E-state index in [0.717, 1.165) is 47.9 Å². The summed E-state index contributed by atoms with van der Waals surface area (Å²) in [7, 11) is 0. The van der Waals surface area contributed by atoms with Crippen molar-refractivity contribution in [3.63, 3.8) is 0 Å². The van der Waals surface area contributed by atoms with Gasteiger partial charge < -0.3 is 0 Å². The molecule has 0 radical (unpaired) electrons. The molecular weight excluding hydrogens is 598 g/mol. The van der Waals surface area contributed by atoms with Gasteiger partial charge in [0.2, 0.25) is 0 Å². The average Bonchev–Trinajstić information content (AvgIpc) is 2.97. The zero-order chi connectivity index (χ0) is 25.9. The normalized spacial score (nSPS) is 10.9. The molecule has 0 N–H and O–H groups in total. The van der Waals surface area contributed by atoms with Crippen molar-refractivity contribution in [1.82, 2.24) is 15.0 Å². The molecule has 0 bridgehead atoms. The molecule has 0 saturated carbocycles. The Morgan fingerprint density at radius 3 is 1.03 bits per heavy atom. The summed E-state index contributed by atoms with van der Waals surface area (Å²) in [6.07, 6.45) is 0. The summed E-state index contributed by atoms with van der Waals surface area (Å²) in [6.45, 7) is 0. The Bertz CT molecular complexity index is 1610. The second-order valence-corrected chi connectivity index (χ2v) is 10.7. The minimum absolute atomic E-state index is 0.619. The van der Waals surface area contributed by atoms with E-state index in [9.17, 15) is 0 Å². The van der Waals surface area contributed by atoms with Gasteiger partial charge in [0.1, 0.15) is 0 Å². The third-order valence-electron chi connectivity index (χ3n) is 6.19. The van der Waals surface area contributed by atoms with Gasteiger partial charge in [0, 0.05) is 25.6 Å². The molecule has 0 amide bonds. The van der Waals surface area contributed by atoms with Crippen molar-refractivity contribution in [2.75, 3.05) is 0 Å². The smallest absolute Gasteiger partial charge is 0.164 e. The third kappa shape index (κ3) is 5.35. The lowest BCUT2D eigenvalue weighted by molar-refractivity contribution is 1.07. The van der Waals surface area contributed by atoms with Gasteiger partial charge >= 0.3 is 0 Å². The van der Waals surface area contributed by atoms with Gasteiger partial charge in [-0.05, 0) is 58.7 Å². The molecule has 3 nitrogen and oxygen atoms in total. The highest BCUT2D eigenvalue weighted by atomic mass is 79.9. The van der Waals surface area contributed by atoms with Crippen molar-refractivity contribution in [1.29, 1.82) is 0 Å². The third-order valence-corrected chi connectivity index (χ3v) is 7.11. The molecule has 0 unspecified atom stereocenters. The highest BCUT2D eigenvalue weighted by Gasteiger charge is 2.15. The van der Waals surface area contributed by atoms with Gasteiger partial charge in [-0.15, -0.1) is 0 Å². The van der Waals surface area contributed by atoms with Crippen LogP contribution in [0.15, 0.2) is 136 Å². The van der Waals surface area contributed by atoms with Crippen molar-refractivity contribution >= 4 is 31.9 Å². The van der Waals surface area contributed by atoms with Crippen molar-refractivity contribution in [2.24, 2.45) is 0 Å². The lowest BCUT2D eigenvalue weighted by Crippen LogP contribution is -2.00. The highest BCUT2D eigenvalue weighted by molar-refractivity contribution is 9.10. The fourth-order valence-electron chi connectivity index (χ4n) is 4.38. The van der Waals surface area contributed by atoms with Crippen molar-refractivity contribution < 1.29 is 0 Å². The van der Waals surface area contributed by atoms with E-state index in [1.807, 2.05) is 66.7 Å². The first kappa shape index (κ1) is 24.4. The molecule has 0 spiro atoms. The second-order valence-electron chi connectivity index (χ2n) is 8.86. The Morgan fingerprint density at radius 1 is 0.316 bits per heavy atom. The summed E-state index contributed by atoms with van der Waals surface area (Å²) in [5, 5.41) is 0. The van der Waals surface area contributed by atoms with Gasteiger partial charge in [0.25, 0.3) is 0 Å². The summed E-state index contributed by atoms with van der Waals surface area (Å²) in [4.78, 5) is 14.8. The first-order chi connectivity index (χ1) is 18.6. The van der Waals surface area contributed by atoms with Crippen LogP contribution in [0.1, 0.15) is 0 Å². The van der Waals surface area contributed by atoms with E-state index in [1.165, 1.54) is 0 Å². The van der Waals surface area contributed by atoms with E-state index in [2.05, 4.69) is 92.5 Å². The van der Waals surface area contributed by atoms with Gasteiger partial charge in [0.15, 0.2) is 17.5 Å². The zero-order valence-corrected chi connectivity index (χ0v) is 23.4. The van der Waals surface area contributed by atoms with Gasteiger partial charge in [0.05, 0.1) is 0 Å². The summed E-state index contributed by atoms with van der Waals surface area (Å²) in [5.74, 6) is 1.87. The number of rotatable bonds is 5. The van der Waals surface area contributed by atoms with E-state index in [4.69, 9.17) is 15.0 Å². The highest BCUT2D eigenvalue weighted by Crippen LogP contribution is 2.33. The quantitative estimate of drug-likeness (QED) is 0.193. The fourth-order valence-corrected chi connectivity index (χ4v) is 5.37. The Morgan fingerprint density at radius 2 is 0.632 bits per heavy atom. The van der Waals surface area contributed by atoms with Gasteiger partial charge in [-0.2, -0.15) is 0 Å². The molecule has 182 valence electrons.